The molecular formula is C45H64N2O5. The van der Waals surface area contributed by atoms with E-state index in [2.05, 4.69) is 66.1 Å². The number of aliphatic carboxylic acids is 1. The predicted octanol–water partition coefficient (Wildman–Crippen LogP) is 9.19. The number of carbonyl (C=O) groups excluding carboxylic acids is 1. The van der Waals surface area contributed by atoms with E-state index >= 15 is 0 Å². The largest absolute Gasteiger partial charge is 0.480 e. The molecule has 7 nitrogen and oxygen atoms in total. The summed E-state index contributed by atoms with van der Waals surface area (Å²) >= 11 is 0. The number of carbonyl (C=O) groups is 3. The van der Waals surface area contributed by atoms with E-state index in [0.717, 1.165) is 37.7 Å². The van der Waals surface area contributed by atoms with Crippen molar-refractivity contribution >= 4 is 23.4 Å². The number of hydrogen-bond acceptors (Lipinski definition) is 4. The molecule has 0 spiro atoms. The van der Waals surface area contributed by atoms with Crippen LogP contribution in [0.1, 0.15) is 135 Å². The van der Waals surface area contributed by atoms with Gasteiger partial charge in [0.25, 0.3) is 0 Å². The first kappa shape index (κ1) is 37.4. The first-order valence-corrected chi connectivity index (χ1v) is 20.4. The van der Waals surface area contributed by atoms with Gasteiger partial charge in [0.05, 0.1) is 5.56 Å². The van der Waals surface area contributed by atoms with E-state index in [0.29, 0.717) is 61.1 Å². The first-order chi connectivity index (χ1) is 24.4. The number of amides is 1. The standard InChI is InChI=1S/C45H64N2O5/c1-28(2)31-17-23-45(46(8)27-20-37(48)47-26-9-10-34(47)40(51)52)25-24-43(6)33(38(31)45)15-16-36-42(5)21-18-32(29-11-13-30(14-12-29)39(49)50)41(3,4)35(42)19-22-44(36,43)7/h11-14,18,31,33-36,38H,1,9-10,15-17,19-27H2,2-8H3,(H,49,50)(H,51,52)/t31-,33+,34-,35-,36+,38+,42-,43+,44+,45-/m0/s1. The van der Waals surface area contributed by atoms with Crippen LogP contribution in [0.3, 0.4) is 0 Å². The minimum atomic E-state index is -0.881. The summed E-state index contributed by atoms with van der Waals surface area (Å²) in [6, 6.07) is 6.86. The Balaban J connectivity index is 1.16. The Hall–Kier alpha value is -2.93. The van der Waals surface area contributed by atoms with E-state index in [1.165, 1.54) is 43.3 Å². The average Bonchev–Trinajstić information content (AvgIpc) is 3.74. The summed E-state index contributed by atoms with van der Waals surface area (Å²) in [6.45, 7) is 20.9. The smallest absolute Gasteiger partial charge is 0.335 e. The van der Waals surface area contributed by atoms with Crippen LogP contribution in [0.15, 0.2) is 42.5 Å². The van der Waals surface area contributed by atoms with Gasteiger partial charge in [-0.05, 0) is 159 Å². The Labute approximate surface area is 312 Å². The molecule has 4 saturated carbocycles. The van der Waals surface area contributed by atoms with Crippen LogP contribution in [-0.2, 0) is 9.59 Å². The summed E-state index contributed by atoms with van der Waals surface area (Å²) in [5.74, 6) is 0.991. The van der Waals surface area contributed by atoms with Gasteiger partial charge in [0.2, 0.25) is 5.91 Å². The zero-order valence-electron chi connectivity index (χ0n) is 33.0. The van der Waals surface area contributed by atoms with Gasteiger partial charge in [-0.2, -0.15) is 0 Å². The fraction of sp³-hybridized carbons (Fsp3) is 0.711. The highest BCUT2D eigenvalue weighted by molar-refractivity contribution is 5.88. The second-order valence-electron chi connectivity index (χ2n) is 19.5. The second-order valence-corrected chi connectivity index (χ2v) is 19.5. The van der Waals surface area contributed by atoms with Crippen molar-refractivity contribution in [3.63, 3.8) is 0 Å². The molecule has 284 valence electrons. The lowest BCUT2D eigenvalue weighted by atomic mass is 9.33. The molecule has 7 heteroatoms. The van der Waals surface area contributed by atoms with E-state index in [-0.39, 0.29) is 33.1 Å². The SMILES string of the molecule is C=C(C)[C@@H]1CC[C@]2(N(C)CCC(=O)N3CCC[C@H]3C(=O)O)CC[C@]3(C)[C@H](CC[C@@H]4[C@@]5(C)CC=C(c6ccc(C(=O)O)cc6)C(C)(C)[C@@H]5CC[C@]43C)[C@@H]12. The summed E-state index contributed by atoms with van der Waals surface area (Å²) in [5.41, 5.74) is 4.81. The highest BCUT2D eigenvalue weighted by Gasteiger charge is 2.71. The number of rotatable bonds is 8. The van der Waals surface area contributed by atoms with Crippen molar-refractivity contribution in [3.05, 3.63) is 53.6 Å². The summed E-state index contributed by atoms with van der Waals surface area (Å²) in [6.07, 6.45) is 14.9. The van der Waals surface area contributed by atoms with Crippen molar-refractivity contribution in [2.75, 3.05) is 20.1 Å². The molecule has 1 saturated heterocycles. The molecular weight excluding hydrogens is 649 g/mol. The Kier molecular flexibility index (Phi) is 9.23. The fourth-order valence-electron chi connectivity index (χ4n) is 14.6. The van der Waals surface area contributed by atoms with Crippen LogP contribution >= 0.6 is 0 Å². The van der Waals surface area contributed by atoms with Gasteiger partial charge in [-0.3, -0.25) is 9.69 Å². The van der Waals surface area contributed by atoms with Crippen molar-refractivity contribution < 1.29 is 24.6 Å². The molecule has 52 heavy (non-hydrogen) atoms. The lowest BCUT2D eigenvalue weighted by molar-refractivity contribution is -0.226. The van der Waals surface area contributed by atoms with E-state index in [9.17, 15) is 24.6 Å². The molecule has 1 aromatic carbocycles. The maximum Gasteiger partial charge on any atom is 0.335 e. The Morgan fingerprint density at radius 3 is 2.25 bits per heavy atom. The van der Waals surface area contributed by atoms with Gasteiger partial charge in [0.15, 0.2) is 0 Å². The molecule has 1 aliphatic heterocycles. The van der Waals surface area contributed by atoms with Crippen LogP contribution in [0, 0.1) is 51.2 Å². The zero-order chi connectivity index (χ0) is 37.6. The number of benzene rings is 1. The van der Waals surface area contributed by atoms with Crippen molar-refractivity contribution in [2.45, 2.75) is 130 Å². The number of nitrogens with zero attached hydrogens (tertiary/aromatic N) is 2. The minimum absolute atomic E-state index is 0.0114. The fourth-order valence-corrected chi connectivity index (χ4v) is 14.6. The van der Waals surface area contributed by atoms with Gasteiger partial charge in [-0.1, -0.05) is 65.0 Å². The number of carboxylic acid groups (broad SMARTS) is 2. The van der Waals surface area contributed by atoms with Crippen molar-refractivity contribution in [2.24, 2.45) is 51.2 Å². The van der Waals surface area contributed by atoms with E-state index < -0.39 is 18.0 Å². The molecule has 6 aliphatic rings. The average molecular weight is 713 g/mol. The van der Waals surface area contributed by atoms with E-state index in [4.69, 9.17) is 0 Å². The number of allylic oxidation sites excluding steroid dienone is 3. The second kappa shape index (κ2) is 12.8. The third-order valence-corrected chi connectivity index (χ3v) is 17.3. The van der Waals surface area contributed by atoms with Gasteiger partial charge >= 0.3 is 11.9 Å². The molecule has 10 atom stereocenters. The normalized spacial score (nSPS) is 40.6. The van der Waals surface area contributed by atoms with Crippen LogP contribution in [0.4, 0.5) is 0 Å². The van der Waals surface area contributed by atoms with Crippen LogP contribution in [0.5, 0.6) is 0 Å². The molecule has 0 aromatic heterocycles. The monoisotopic (exact) mass is 712 g/mol. The molecule has 1 heterocycles. The van der Waals surface area contributed by atoms with Crippen molar-refractivity contribution in [3.8, 4) is 0 Å². The molecule has 7 rings (SSSR count). The van der Waals surface area contributed by atoms with Crippen molar-refractivity contribution in [1.29, 1.82) is 0 Å². The summed E-state index contributed by atoms with van der Waals surface area (Å²) in [5, 5.41) is 19.2. The summed E-state index contributed by atoms with van der Waals surface area (Å²) in [7, 11) is 2.26. The van der Waals surface area contributed by atoms with Crippen LogP contribution in [0.2, 0.25) is 0 Å². The first-order valence-electron chi connectivity index (χ1n) is 20.4. The number of carboxylic acids is 2. The number of aromatic carboxylic acids is 1. The number of hydrogen-bond donors (Lipinski definition) is 2. The van der Waals surface area contributed by atoms with Gasteiger partial charge in [0, 0.05) is 25.0 Å². The molecule has 5 fully saturated rings. The third-order valence-electron chi connectivity index (χ3n) is 17.3. The molecule has 1 amide bonds. The lowest BCUT2D eigenvalue weighted by Crippen LogP contribution is -2.68. The Morgan fingerprint density at radius 1 is 0.885 bits per heavy atom. The molecule has 1 aromatic rings. The van der Waals surface area contributed by atoms with Gasteiger partial charge in [-0.15, -0.1) is 0 Å². The maximum atomic E-state index is 13.4. The molecule has 0 radical (unpaired) electrons. The van der Waals surface area contributed by atoms with Gasteiger partial charge < -0.3 is 15.1 Å². The molecule has 0 unspecified atom stereocenters. The minimum Gasteiger partial charge on any atom is -0.480 e. The Bertz CT molecular complexity index is 1660. The van der Waals surface area contributed by atoms with Gasteiger partial charge in [0.1, 0.15) is 6.04 Å². The molecule has 2 N–H and O–H groups in total. The quantitative estimate of drug-likeness (QED) is 0.261. The summed E-state index contributed by atoms with van der Waals surface area (Å²) in [4.78, 5) is 41.0. The van der Waals surface area contributed by atoms with E-state index in [1.807, 2.05) is 12.1 Å². The third kappa shape index (κ3) is 5.32. The van der Waals surface area contributed by atoms with Crippen LogP contribution in [0.25, 0.3) is 5.57 Å². The number of fused-ring (bicyclic) bond motifs is 7. The van der Waals surface area contributed by atoms with Gasteiger partial charge in [-0.25, -0.2) is 9.59 Å². The number of likely N-dealkylation sites (tertiary alicyclic amines) is 1. The lowest BCUT2D eigenvalue weighted by Gasteiger charge is -2.73. The topological polar surface area (TPSA) is 98.2 Å². The van der Waals surface area contributed by atoms with Crippen molar-refractivity contribution in [1.82, 2.24) is 9.80 Å². The van der Waals surface area contributed by atoms with E-state index in [1.54, 1.807) is 17.0 Å². The highest BCUT2D eigenvalue weighted by atomic mass is 16.4. The maximum absolute atomic E-state index is 13.4. The Morgan fingerprint density at radius 2 is 1.60 bits per heavy atom. The highest BCUT2D eigenvalue weighted by Crippen LogP contribution is 2.77. The van der Waals surface area contributed by atoms with Crippen LogP contribution in [-0.4, -0.2) is 69.6 Å². The summed E-state index contributed by atoms with van der Waals surface area (Å²) < 4.78 is 0. The zero-order valence-corrected chi connectivity index (χ0v) is 33.0. The predicted molar refractivity (Wildman–Crippen MR) is 206 cm³/mol. The molecule has 5 aliphatic carbocycles. The van der Waals surface area contributed by atoms with Crippen LogP contribution < -0.4 is 0 Å². The molecule has 0 bridgehead atoms.